The molecule has 0 fully saturated rings. The molecule has 0 amide bonds. The molecule has 9 heteroatoms. The highest BCUT2D eigenvalue weighted by atomic mass is 35.5. The topological polar surface area (TPSA) is 97.3 Å². The van der Waals surface area contributed by atoms with Crippen molar-refractivity contribution in [2.45, 2.75) is 19.0 Å². The first kappa shape index (κ1) is 19.7. The number of hydrogen-bond donors (Lipinski definition) is 2. The van der Waals surface area contributed by atoms with Crippen molar-refractivity contribution >= 4 is 35.4 Å². The van der Waals surface area contributed by atoms with Gasteiger partial charge in [0.15, 0.2) is 11.5 Å². The molecule has 0 bridgehead atoms. The van der Waals surface area contributed by atoms with E-state index in [9.17, 15) is 9.90 Å². The predicted octanol–water partition coefficient (Wildman–Crippen LogP) is 3.40. The van der Waals surface area contributed by atoms with Crippen molar-refractivity contribution in [3.8, 4) is 23.8 Å². The maximum absolute atomic E-state index is 11.6. The number of terminal acetylenes is 1. The molecular formula is C17H16ClN3O4S. The number of aliphatic carboxylic acids is 1. The van der Waals surface area contributed by atoms with E-state index in [1.807, 2.05) is 6.92 Å². The number of carboxylic acids is 1. The largest absolute Gasteiger partial charge is 0.490 e. The van der Waals surface area contributed by atoms with E-state index in [0.29, 0.717) is 34.7 Å². The lowest BCUT2D eigenvalue weighted by atomic mass is 10.2. The average Bonchev–Trinajstić information content (AvgIpc) is 2.99. The van der Waals surface area contributed by atoms with Crippen molar-refractivity contribution in [3.63, 3.8) is 0 Å². The number of hydrogen-bond acceptors (Lipinski definition) is 6. The number of nitrogens with zero attached hydrogens (tertiary/aromatic N) is 2. The average molecular weight is 394 g/mol. The van der Waals surface area contributed by atoms with Gasteiger partial charge in [-0.1, -0.05) is 17.5 Å². The molecule has 0 unspecified atom stereocenters. The Morgan fingerprint density at radius 3 is 2.85 bits per heavy atom. The van der Waals surface area contributed by atoms with Crippen LogP contribution in [0, 0.1) is 19.3 Å². The first-order valence-corrected chi connectivity index (χ1v) is 8.68. The third kappa shape index (κ3) is 5.18. The van der Waals surface area contributed by atoms with Crippen molar-refractivity contribution in [2.24, 2.45) is 0 Å². The van der Waals surface area contributed by atoms with E-state index in [1.165, 1.54) is 6.08 Å². The molecule has 0 atom stereocenters. The Morgan fingerprint density at radius 1 is 1.50 bits per heavy atom. The summed E-state index contributed by atoms with van der Waals surface area (Å²) >= 11 is 7.17. The monoisotopic (exact) mass is 393 g/mol. The molecule has 7 nitrogen and oxygen atoms in total. The summed E-state index contributed by atoms with van der Waals surface area (Å²) in [7, 11) is 0. The van der Waals surface area contributed by atoms with Gasteiger partial charge in [0, 0.05) is 0 Å². The number of carboxylic acid groups (broad SMARTS) is 1. The molecule has 1 aromatic carbocycles. The number of ether oxygens (including phenoxy) is 2. The maximum Gasteiger partial charge on any atom is 0.342 e. The molecule has 1 aromatic heterocycles. The van der Waals surface area contributed by atoms with E-state index in [4.69, 9.17) is 27.5 Å². The van der Waals surface area contributed by atoms with Crippen molar-refractivity contribution < 1.29 is 19.4 Å². The number of thioether (sulfide) groups is 1. The molecule has 0 aliphatic carbocycles. The van der Waals surface area contributed by atoms with Crippen LogP contribution in [-0.2, 0) is 4.79 Å². The Balaban J connectivity index is 2.39. The van der Waals surface area contributed by atoms with E-state index in [2.05, 4.69) is 21.1 Å². The zero-order valence-corrected chi connectivity index (χ0v) is 15.6. The highest BCUT2D eigenvalue weighted by Gasteiger charge is 2.16. The standard InChI is InChI=1S/C17H16ClN3O4S/c1-4-6-25-15-12(18)7-11(8-13(15)24-5-2)9-14(16(22)23)26-17-19-10(3)20-21-17/h1,7-9H,5-6H2,2-3H3,(H,22,23)(H,19,20,21)/b14-9-. The van der Waals surface area contributed by atoms with Crippen LogP contribution in [0.5, 0.6) is 11.5 Å². The van der Waals surface area contributed by atoms with Crippen LogP contribution in [0.2, 0.25) is 5.02 Å². The molecule has 0 spiro atoms. The third-order valence-electron chi connectivity index (χ3n) is 2.92. The summed E-state index contributed by atoms with van der Waals surface area (Å²) in [6.07, 6.45) is 6.66. The number of aromatic amines is 1. The molecule has 0 aliphatic heterocycles. The van der Waals surface area contributed by atoms with Crippen LogP contribution in [0.1, 0.15) is 18.3 Å². The number of nitrogens with one attached hydrogen (secondary N) is 1. The normalized spacial score (nSPS) is 11.1. The number of carbonyl (C=O) groups is 1. The summed E-state index contributed by atoms with van der Waals surface area (Å²) in [5, 5.41) is 16.6. The summed E-state index contributed by atoms with van der Waals surface area (Å²) < 4.78 is 10.9. The zero-order chi connectivity index (χ0) is 19.1. The van der Waals surface area contributed by atoms with E-state index < -0.39 is 5.97 Å². The molecule has 136 valence electrons. The molecule has 0 saturated heterocycles. The van der Waals surface area contributed by atoms with Gasteiger partial charge in [-0.15, -0.1) is 11.5 Å². The Kier molecular flexibility index (Phi) is 6.95. The number of aryl methyl sites for hydroxylation is 1. The second-order valence-corrected chi connectivity index (χ2v) is 6.29. The number of rotatable bonds is 8. The molecular weight excluding hydrogens is 378 g/mol. The maximum atomic E-state index is 11.6. The first-order chi connectivity index (χ1) is 12.4. The number of halogens is 1. The van der Waals surface area contributed by atoms with E-state index in [-0.39, 0.29) is 16.5 Å². The van der Waals surface area contributed by atoms with Gasteiger partial charge in [0.05, 0.1) is 11.6 Å². The van der Waals surface area contributed by atoms with Crippen molar-refractivity contribution in [1.29, 1.82) is 0 Å². The molecule has 2 N–H and O–H groups in total. The lowest BCUT2D eigenvalue weighted by molar-refractivity contribution is -0.131. The molecule has 1 heterocycles. The first-order valence-electron chi connectivity index (χ1n) is 7.49. The number of benzene rings is 1. The Hall–Kier alpha value is -2.63. The number of H-pyrrole nitrogens is 1. The highest BCUT2D eigenvalue weighted by Crippen LogP contribution is 2.38. The van der Waals surface area contributed by atoms with Gasteiger partial charge in [0.1, 0.15) is 17.3 Å². The zero-order valence-electron chi connectivity index (χ0n) is 14.1. The van der Waals surface area contributed by atoms with Gasteiger partial charge in [0.25, 0.3) is 0 Å². The van der Waals surface area contributed by atoms with Gasteiger partial charge in [-0.25, -0.2) is 9.78 Å². The highest BCUT2D eigenvalue weighted by molar-refractivity contribution is 8.04. The fourth-order valence-electron chi connectivity index (χ4n) is 1.94. The quantitative estimate of drug-likeness (QED) is 0.403. The van der Waals surface area contributed by atoms with E-state index >= 15 is 0 Å². The molecule has 0 saturated carbocycles. The smallest absolute Gasteiger partial charge is 0.342 e. The van der Waals surface area contributed by atoms with Gasteiger partial charge in [0.2, 0.25) is 5.16 Å². The summed E-state index contributed by atoms with van der Waals surface area (Å²) in [5.74, 6) is 2.53. The SMILES string of the molecule is C#CCOc1c(Cl)cc(/C=C(\Sc2n[nH]c(C)n2)C(=O)O)cc1OCC. The predicted molar refractivity (Wildman–Crippen MR) is 99.5 cm³/mol. The lowest BCUT2D eigenvalue weighted by Crippen LogP contribution is -2.01. The van der Waals surface area contributed by atoms with Crippen molar-refractivity contribution in [3.05, 3.63) is 33.4 Å². The minimum absolute atomic E-state index is 0.0276. The van der Waals surface area contributed by atoms with Crippen LogP contribution in [0.25, 0.3) is 6.08 Å². The summed E-state index contributed by atoms with van der Waals surface area (Å²) in [5.41, 5.74) is 0.531. The molecule has 2 rings (SSSR count). The Morgan fingerprint density at radius 2 is 2.27 bits per heavy atom. The van der Waals surface area contributed by atoms with Gasteiger partial charge >= 0.3 is 5.97 Å². The van der Waals surface area contributed by atoms with E-state index in [1.54, 1.807) is 19.1 Å². The van der Waals surface area contributed by atoms with Gasteiger partial charge < -0.3 is 14.6 Å². The second-order valence-electron chi connectivity index (χ2n) is 4.87. The minimum Gasteiger partial charge on any atom is -0.490 e. The molecule has 26 heavy (non-hydrogen) atoms. The number of aromatic nitrogens is 3. The lowest BCUT2D eigenvalue weighted by Gasteiger charge is -2.13. The van der Waals surface area contributed by atoms with Gasteiger partial charge in [-0.2, -0.15) is 0 Å². The molecule has 0 radical (unpaired) electrons. The Bertz CT molecular complexity index is 873. The fourth-order valence-corrected chi connectivity index (χ4v) is 2.97. The summed E-state index contributed by atoms with van der Waals surface area (Å²) in [4.78, 5) is 15.7. The van der Waals surface area contributed by atoms with E-state index in [0.717, 1.165) is 11.8 Å². The van der Waals surface area contributed by atoms with Crippen molar-refractivity contribution in [1.82, 2.24) is 15.2 Å². The molecule has 0 aliphatic rings. The summed E-state index contributed by atoms with van der Waals surface area (Å²) in [6, 6.07) is 3.20. The minimum atomic E-state index is -1.11. The van der Waals surface area contributed by atoms with Gasteiger partial charge in [-0.05, 0) is 49.4 Å². The van der Waals surface area contributed by atoms with Crippen LogP contribution in [-0.4, -0.2) is 39.5 Å². The van der Waals surface area contributed by atoms with Crippen LogP contribution in [0.4, 0.5) is 0 Å². The van der Waals surface area contributed by atoms with Crippen LogP contribution >= 0.6 is 23.4 Å². The van der Waals surface area contributed by atoms with Crippen LogP contribution in [0.15, 0.2) is 22.2 Å². The molecule has 2 aromatic rings. The third-order valence-corrected chi connectivity index (χ3v) is 4.08. The fraction of sp³-hybridized carbons (Fsp3) is 0.235. The van der Waals surface area contributed by atoms with Crippen LogP contribution in [0.3, 0.4) is 0 Å². The van der Waals surface area contributed by atoms with Gasteiger partial charge in [-0.3, -0.25) is 5.10 Å². The Labute approximate surface area is 159 Å². The summed E-state index contributed by atoms with van der Waals surface area (Å²) in [6.45, 7) is 3.96. The van der Waals surface area contributed by atoms with Crippen LogP contribution < -0.4 is 9.47 Å². The van der Waals surface area contributed by atoms with Crippen molar-refractivity contribution in [2.75, 3.05) is 13.2 Å². The second kappa shape index (κ2) is 9.17.